The van der Waals surface area contributed by atoms with Gasteiger partial charge in [0, 0.05) is 42.0 Å². The third kappa shape index (κ3) is 5.61. The Morgan fingerprint density at radius 3 is 2.16 bits per heavy atom. The number of hydrogen-bond donors (Lipinski definition) is 1. The van der Waals surface area contributed by atoms with E-state index in [9.17, 15) is 42.2 Å². The maximum atomic E-state index is 14.1. The lowest BCUT2D eigenvalue weighted by atomic mass is 9.92. The quantitative estimate of drug-likeness (QED) is 0.309. The van der Waals surface area contributed by atoms with Crippen molar-refractivity contribution in [1.82, 2.24) is 15.3 Å². The van der Waals surface area contributed by atoms with Crippen molar-refractivity contribution >= 4 is 39.3 Å². The lowest BCUT2D eigenvalue weighted by Crippen LogP contribution is -2.50. The molecule has 4 rings (SSSR count). The second kappa shape index (κ2) is 8.41. The molecule has 0 radical (unpaired) electrons. The Bertz CT molecular complexity index is 1260. The van der Waals surface area contributed by atoms with E-state index in [1.807, 2.05) is 0 Å². The van der Waals surface area contributed by atoms with Crippen LogP contribution in [0.25, 0.3) is 0 Å². The summed E-state index contributed by atoms with van der Waals surface area (Å²) in [5.41, 5.74) is -4.17. The van der Waals surface area contributed by atoms with Gasteiger partial charge in [-0.25, -0.2) is 23.1 Å². The lowest BCUT2D eigenvalue weighted by molar-refractivity contribution is -0.128. The predicted molar refractivity (Wildman–Crippen MR) is 119 cm³/mol. The minimum absolute atomic E-state index is 0.0791. The molecule has 16 heteroatoms. The van der Waals surface area contributed by atoms with Crippen LogP contribution in [0.3, 0.4) is 0 Å². The number of carbonyl (C=O) groups excluding carboxylic acids is 2. The zero-order valence-corrected chi connectivity index (χ0v) is 20.0. The Morgan fingerprint density at radius 1 is 1.11 bits per heavy atom. The molecule has 5 atom stereocenters. The van der Waals surface area contributed by atoms with Crippen molar-refractivity contribution in [2.45, 2.75) is 47.8 Å². The number of alkyl halides is 4. The van der Waals surface area contributed by atoms with Crippen LogP contribution < -0.4 is 10.2 Å². The number of nitrogens with one attached hydrogen (secondary N) is 1. The fourth-order valence-corrected chi connectivity index (χ4v) is 5.47. The fraction of sp³-hybridized carbons (Fsp3) is 0.429. The second-order valence-corrected chi connectivity index (χ2v) is 11.7. The molecule has 2 aromatic rings. The van der Waals surface area contributed by atoms with Gasteiger partial charge in [-0.2, -0.15) is 0 Å². The molecule has 0 spiro atoms. The molecule has 6 nitrogen and oxygen atoms in total. The Hall–Kier alpha value is -2.68. The lowest BCUT2D eigenvalue weighted by Gasteiger charge is -2.40. The highest BCUT2D eigenvalue weighted by Gasteiger charge is 2.65. The molecule has 0 saturated heterocycles. The van der Waals surface area contributed by atoms with E-state index in [0.717, 1.165) is 18.7 Å². The average molecular weight is 580 g/mol. The first kappa shape index (κ1) is 25.9. The third-order valence-corrected chi connectivity index (χ3v) is 7.71. The predicted octanol–water partition coefficient (Wildman–Crippen LogP) is 6.29. The van der Waals surface area contributed by atoms with E-state index in [1.165, 1.54) is 0 Å². The van der Waals surface area contributed by atoms with E-state index in [0.29, 0.717) is 12.1 Å². The standard InChI is InChI=1S/C21H19ClF8N4O2S/c22-18(23)20(36)34(14-1-3-15(4-2-14)37(26,27,28,29)30)17(12-8-31-10-32-9-12)19(35)33-16-6-13-5-11(16)7-21(13,24)25/h1-4,8-11,13,16-18H,5-7H2,(H,33,35)/t11?,13?,16-,17+,18-/m0/s1/i17D. The zero-order valence-electron chi connectivity index (χ0n) is 19.4. The van der Waals surface area contributed by atoms with Crippen LogP contribution in [0.2, 0.25) is 0 Å². The first-order valence-electron chi connectivity index (χ1n) is 11.1. The first-order chi connectivity index (χ1) is 17.2. The van der Waals surface area contributed by atoms with Crippen molar-refractivity contribution in [3.8, 4) is 0 Å². The summed E-state index contributed by atoms with van der Waals surface area (Å²) < 4.78 is 117. The summed E-state index contributed by atoms with van der Waals surface area (Å²) in [5, 5.41) is 2.41. The van der Waals surface area contributed by atoms with Gasteiger partial charge in [-0.15, -0.1) is 0 Å². The van der Waals surface area contributed by atoms with E-state index in [-0.39, 0.29) is 29.9 Å². The van der Waals surface area contributed by atoms with Crippen LogP contribution in [0.5, 0.6) is 0 Å². The highest BCUT2D eigenvalue weighted by Crippen LogP contribution is 3.02. The van der Waals surface area contributed by atoms with E-state index >= 15 is 0 Å². The van der Waals surface area contributed by atoms with Crippen LogP contribution >= 0.6 is 21.8 Å². The summed E-state index contributed by atoms with van der Waals surface area (Å²) in [4.78, 5) is 31.4. The van der Waals surface area contributed by atoms with E-state index in [2.05, 4.69) is 15.3 Å². The van der Waals surface area contributed by atoms with Gasteiger partial charge in [-0.3, -0.25) is 14.5 Å². The van der Waals surface area contributed by atoms with Gasteiger partial charge in [0.05, 0.1) is 1.37 Å². The monoisotopic (exact) mass is 579 g/mol. The van der Waals surface area contributed by atoms with Crippen molar-refractivity contribution in [2.75, 3.05) is 4.90 Å². The summed E-state index contributed by atoms with van der Waals surface area (Å²) >= 11 is 5.29. The SMILES string of the molecule is [2H][C@](C(=O)N[C@H]1CC2CC1CC2(F)F)(c1cncnc1)N(C(=O)[C@H](F)Cl)c1ccc(S(F)(F)(F)(F)F)cc1. The summed E-state index contributed by atoms with van der Waals surface area (Å²) in [5.74, 6) is -7.79. The Labute approximate surface area is 211 Å². The number of carbonyl (C=O) groups is 2. The topological polar surface area (TPSA) is 75.2 Å². The van der Waals surface area contributed by atoms with Crippen LogP contribution in [0, 0.1) is 11.8 Å². The number of anilines is 1. The molecule has 2 unspecified atom stereocenters. The van der Waals surface area contributed by atoms with Crippen LogP contribution in [0.1, 0.15) is 32.2 Å². The Kier molecular flexibility index (Phi) is 5.90. The number of nitrogens with zero attached hydrogens (tertiary/aromatic N) is 3. The summed E-state index contributed by atoms with van der Waals surface area (Å²) in [6, 6.07) is -3.37. The molecular weight excluding hydrogens is 560 g/mol. The molecule has 1 aromatic carbocycles. The van der Waals surface area contributed by atoms with Crippen LogP contribution in [-0.4, -0.2) is 39.4 Å². The van der Waals surface area contributed by atoms with Gasteiger partial charge in [-0.1, -0.05) is 31.0 Å². The number of rotatable bonds is 7. The van der Waals surface area contributed by atoms with Crippen molar-refractivity contribution in [3.05, 3.63) is 48.5 Å². The third-order valence-electron chi connectivity index (χ3n) is 6.36. The molecule has 1 N–H and O–H groups in total. The van der Waals surface area contributed by atoms with Gasteiger partial charge in [0.1, 0.15) is 17.2 Å². The van der Waals surface area contributed by atoms with Crippen molar-refractivity contribution in [1.29, 1.82) is 0 Å². The van der Waals surface area contributed by atoms with Crippen molar-refractivity contribution in [2.24, 2.45) is 11.8 Å². The first-order valence-corrected chi connectivity index (χ1v) is 13.0. The fourth-order valence-electron chi connectivity index (χ4n) is 4.72. The van der Waals surface area contributed by atoms with Gasteiger partial charge in [0.2, 0.25) is 5.91 Å². The van der Waals surface area contributed by atoms with Crippen molar-refractivity contribution in [3.63, 3.8) is 0 Å². The maximum Gasteiger partial charge on any atom is 0.310 e. The van der Waals surface area contributed by atoms with Gasteiger partial charge >= 0.3 is 10.2 Å². The Morgan fingerprint density at radius 2 is 1.70 bits per heavy atom. The smallest absolute Gasteiger partial charge is 0.310 e. The number of amides is 2. The zero-order chi connectivity index (χ0) is 28.4. The number of halogens is 9. The normalized spacial score (nSPS) is 27.3. The number of hydrogen-bond acceptors (Lipinski definition) is 4. The highest BCUT2D eigenvalue weighted by molar-refractivity contribution is 8.45. The molecule has 2 fully saturated rings. The van der Waals surface area contributed by atoms with Crippen molar-refractivity contribution < 1.29 is 43.6 Å². The highest BCUT2D eigenvalue weighted by atomic mass is 35.5. The molecule has 2 aliphatic carbocycles. The molecule has 37 heavy (non-hydrogen) atoms. The van der Waals surface area contributed by atoms with Crippen LogP contribution in [0.4, 0.5) is 38.3 Å². The summed E-state index contributed by atoms with van der Waals surface area (Å²) in [6.07, 6.45) is 2.16. The summed E-state index contributed by atoms with van der Waals surface area (Å²) in [7, 11) is -10.1. The molecule has 2 aliphatic rings. The van der Waals surface area contributed by atoms with E-state index < -0.39 is 80.1 Å². The van der Waals surface area contributed by atoms with Gasteiger partial charge in [0.25, 0.3) is 17.5 Å². The second-order valence-electron chi connectivity index (χ2n) is 8.89. The maximum absolute atomic E-state index is 14.1. The van der Waals surface area contributed by atoms with Crippen LogP contribution in [-0.2, 0) is 9.59 Å². The molecule has 0 aliphatic heterocycles. The minimum atomic E-state index is -10.1. The van der Waals surface area contributed by atoms with Gasteiger partial charge < -0.3 is 5.32 Å². The summed E-state index contributed by atoms with van der Waals surface area (Å²) in [6.45, 7) is 0. The van der Waals surface area contributed by atoms with E-state index in [4.69, 9.17) is 13.0 Å². The molecular formula is C21H19ClF8N4O2S. The van der Waals surface area contributed by atoms with Crippen LogP contribution in [0.15, 0.2) is 47.9 Å². The van der Waals surface area contributed by atoms with Gasteiger partial charge in [-0.05, 0) is 43.0 Å². The molecule has 2 bridgehead atoms. The number of benzene rings is 1. The largest absolute Gasteiger partial charge is 0.351 e. The molecule has 204 valence electrons. The minimum Gasteiger partial charge on any atom is -0.351 e. The van der Waals surface area contributed by atoms with Gasteiger partial charge in [0.15, 0.2) is 0 Å². The molecule has 2 amide bonds. The average Bonchev–Trinajstić information content (AvgIpc) is 3.34. The molecule has 1 aromatic heterocycles. The van der Waals surface area contributed by atoms with E-state index in [1.54, 1.807) is 0 Å². The number of aromatic nitrogens is 2. The number of fused-ring (bicyclic) bond motifs is 2. The molecule has 1 heterocycles. The Balaban J connectivity index is 1.79. The molecule has 2 saturated carbocycles.